The van der Waals surface area contributed by atoms with Gasteiger partial charge in [-0.1, -0.05) is 164 Å². The van der Waals surface area contributed by atoms with Crippen LogP contribution in [0.4, 0.5) is 0 Å². The van der Waals surface area contributed by atoms with E-state index in [1.165, 1.54) is 43.8 Å². The summed E-state index contributed by atoms with van der Waals surface area (Å²) in [6.45, 7) is 2.08. The molecule has 0 amide bonds. The van der Waals surface area contributed by atoms with Crippen molar-refractivity contribution in [2.75, 3.05) is 0 Å². The van der Waals surface area contributed by atoms with Crippen molar-refractivity contribution in [1.82, 2.24) is 0 Å². The van der Waals surface area contributed by atoms with E-state index in [0.29, 0.717) is 0 Å². The van der Waals surface area contributed by atoms with Gasteiger partial charge in [-0.25, -0.2) is 0 Å². The van der Waals surface area contributed by atoms with Gasteiger partial charge in [0.15, 0.2) is 7.14 Å². The van der Waals surface area contributed by atoms with Crippen LogP contribution in [0.15, 0.2) is 170 Å². The maximum Gasteiger partial charge on any atom is 0.171 e. The Kier molecular flexibility index (Phi) is 8.04. The molecule has 0 unspecified atom stereocenters. The lowest BCUT2D eigenvalue weighted by atomic mass is 9.85. The van der Waals surface area contributed by atoms with Crippen LogP contribution in [0.5, 0.6) is 0 Å². The average molecular weight is 599 g/mol. The number of hydrogen-bond acceptors (Lipinski definition) is 1. The highest BCUT2D eigenvalue weighted by Crippen LogP contribution is 2.46. The van der Waals surface area contributed by atoms with Crippen LogP contribution in [0, 0.1) is 0 Å². The quantitative estimate of drug-likeness (QED) is 0.0966. The lowest BCUT2D eigenvalue weighted by Gasteiger charge is -2.22. The van der Waals surface area contributed by atoms with E-state index < -0.39 is 7.14 Å². The van der Waals surface area contributed by atoms with Crippen molar-refractivity contribution in [3.63, 3.8) is 0 Å². The summed E-state index contributed by atoms with van der Waals surface area (Å²) in [7, 11) is -3.12. The number of hydrogen-bond donors (Lipinski definition) is 0. The lowest BCUT2D eigenvalue weighted by Crippen LogP contribution is -2.25. The monoisotopic (exact) mass is 598 g/mol. The van der Waals surface area contributed by atoms with Gasteiger partial charge in [-0.05, 0) is 75.2 Å². The normalized spacial score (nSPS) is 11.8. The molecule has 0 aromatic heterocycles. The maximum atomic E-state index is 15.3. The molecule has 7 aromatic carbocycles. The summed E-state index contributed by atoms with van der Waals surface area (Å²) in [5, 5.41) is 7.34. The first-order valence-corrected chi connectivity index (χ1v) is 17.4. The lowest BCUT2D eigenvalue weighted by molar-refractivity contribution is 0.592. The van der Waals surface area contributed by atoms with Crippen LogP contribution >= 0.6 is 7.14 Å². The molecule has 0 bridgehead atoms. The van der Waals surface area contributed by atoms with E-state index in [-0.39, 0.29) is 0 Å². The van der Waals surface area contributed by atoms with Crippen molar-refractivity contribution in [2.24, 2.45) is 0 Å². The van der Waals surface area contributed by atoms with Gasteiger partial charge in [-0.2, -0.15) is 0 Å². The van der Waals surface area contributed by atoms with Gasteiger partial charge in [0.1, 0.15) is 0 Å². The molecular formula is C43H35OP. The zero-order valence-electron chi connectivity index (χ0n) is 25.4. The molecule has 7 rings (SSSR count). The largest absolute Gasteiger partial charge is 0.309 e. The van der Waals surface area contributed by atoms with E-state index in [1.54, 1.807) is 0 Å². The Balaban J connectivity index is 1.47. The van der Waals surface area contributed by atoms with E-state index in [2.05, 4.69) is 110 Å². The molecule has 0 aliphatic heterocycles. The molecule has 0 N–H and O–H groups in total. The fourth-order valence-corrected chi connectivity index (χ4v) is 9.33. The molecule has 2 heteroatoms. The summed E-state index contributed by atoms with van der Waals surface area (Å²) < 4.78 is 15.3. The van der Waals surface area contributed by atoms with Crippen LogP contribution in [-0.2, 0) is 11.0 Å². The van der Waals surface area contributed by atoms with Gasteiger partial charge >= 0.3 is 0 Å². The minimum atomic E-state index is -3.12. The molecule has 218 valence electrons. The molecule has 0 radical (unpaired) electrons. The number of fused-ring (bicyclic) bond motifs is 2. The summed E-state index contributed by atoms with van der Waals surface area (Å²) in [6, 6.07) is 54.7. The SMILES string of the molecule is C/C=C\CCc1cccc(-c2c3ccccc3c(-c3cccc(P(=O)(c4ccccc4)c4ccccc4)c3)c3ccccc23)c1. The highest BCUT2D eigenvalue weighted by Gasteiger charge is 2.30. The summed E-state index contributed by atoms with van der Waals surface area (Å²) in [6.07, 6.45) is 6.40. The standard InChI is InChI=1S/C43H35OP/c1-2-3-6-17-32-18-15-19-33(30-32)42-38-26-11-13-28-40(38)43(41-29-14-12-27-39(41)42)34-20-16-25-37(31-34)45(44,35-21-7-4-8-22-35)36-23-9-5-10-24-36/h2-5,7-16,18-31H,6,17H2,1H3/b3-2-. The van der Waals surface area contributed by atoms with Crippen molar-refractivity contribution >= 4 is 44.6 Å². The number of rotatable bonds is 8. The van der Waals surface area contributed by atoms with Gasteiger partial charge < -0.3 is 4.57 Å². The molecule has 0 aliphatic carbocycles. The Morgan fingerprint density at radius 3 is 1.44 bits per heavy atom. The van der Waals surface area contributed by atoms with Crippen LogP contribution in [0.2, 0.25) is 0 Å². The fraction of sp³-hybridized carbons (Fsp3) is 0.0698. The predicted octanol–water partition coefficient (Wildman–Crippen LogP) is 10.5. The molecule has 0 spiro atoms. The number of aryl methyl sites for hydroxylation is 1. The van der Waals surface area contributed by atoms with Crippen molar-refractivity contribution in [2.45, 2.75) is 19.8 Å². The third-order valence-electron chi connectivity index (χ3n) is 8.72. The topological polar surface area (TPSA) is 17.1 Å². The number of allylic oxidation sites excluding steroid dienone is 2. The molecule has 0 heterocycles. The molecule has 0 saturated carbocycles. The van der Waals surface area contributed by atoms with Gasteiger partial charge in [-0.3, -0.25) is 0 Å². The first-order valence-electron chi connectivity index (χ1n) is 15.6. The summed E-state index contributed by atoms with van der Waals surface area (Å²) >= 11 is 0. The first kappa shape index (κ1) is 28.8. The molecule has 1 nitrogen and oxygen atoms in total. The molecule has 0 aliphatic rings. The zero-order valence-corrected chi connectivity index (χ0v) is 26.3. The van der Waals surface area contributed by atoms with Crippen molar-refractivity contribution in [3.05, 3.63) is 175 Å². The Bertz CT molecular complexity index is 2100. The summed E-state index contributed by atoms with van der Waals surface area (Å²) in [5.74, 6) is 0. The Labute approximate surface area is 265 Å². The summed E-state index contributed by atoms with van der Waals surface area (Å²) in [5.41, 5.74) is 6.07. The average Bonchev–Trinajstić information content (AvgIpc) is 3.11. The fourth-order valence-electron chi connectivity index (χ4n) is 6.63. The van der Waals surface area contributed by atoms with Gasteiger partial charge in [0.25, 0.3) is 0 Å². The third kappa shape index (κ3) is 5.35. The van der Waals surface area contributed by atoms with Gasteiger partial charge in [0, 0.05) is 15.9 Å². The second-order valence-corrected chi connectivity index (χ2v) is 14.2. The Hall–Kier alpha value is -4.97. The second kappa shape index (κ2) is 12.6. The highest BCUT2D eigenvalue weighted by atomic mass is 31.2. The van der Waals surface area contributed by atoms with Crippen molar-refractivity contribution in [1.29, 1.82) is 0 Å². The highest BCUT2D eigenvalue weighted by molar-refractivity contribution is 7.85. The molecule has 45 heavy (non-hydrogen) atoms. The Morgan fingerprint density at radius 1 is 0.489 bits per heavy atom. The smallest absolute Gasteiger partial charge is 0.171 e. The molecular weight excluding hydrogens is 563 g/mol. The first-order chi connectivity index (χ1) is 22.2. The Morgan fingerprint density at radius 2 is 0.933 bits per heavy atom. The third-order valence-corrected chi connectivity index (χ3v) is 11.8. The van der Waals surface area contributed by atoms with E-state index >= 15 is 4.57 Å². The van der Waals surface area contributed by atoms with E-state index in [1.807, 2.05) is 66.7 Å². The van der Waals surface area contributed by atoms with Crippen molar-refractivity contribution in [3.8, 4) is 22.3 Å². The van der Waals surface area contributed by atoms with Gasteiger partial charge in [0.05, 0.1) is 0 Å². The van der Waals surface area contributed by atoms with Crippen LogP contribution in [-0.4, -0.2) is 0 Å². The minimum absolute atomic E-state index is 0.837. The van der Waals surface area contributed by atoms with Gasteiger partial charge in [-0.15, -0.1) is 0 Å². The van der Waals surface area contributed by atoms with Crippen molar-refractivity contribution < 1.29 is 4.57 Å². The molecule has 7 aromatic rings. The van der Waals surface area contributed by atoms with E-state index in [0.717, 1.165) is 34.3 Å². The zero-order chi connectivity index (χ0) is 30.6. The maximum absolute atomic E-state index is 15.3. The minimum Gasteiger partial charge on any atom is -0.309 e. The second-order valence-electron chi connectivity index (χ2n) is 11.5. The van der Waals surface area contributed by atoms with Crippen LogP contribution in [0.1, 0.15) is 18.9 Å². The van der Waals surface area contributed by atoms with Gasteiger partial charge in [0.2, 0.25) is 0 Å². The summed E-state index contributed by atoms with van der Waals surface area (Å²) in [4.78, 5) is 0. The molecule has 0 saturated heterocycles. The van der Waals surface area contributed by atoms with E-state index in [4.69, 9.17) is 0 Å². The number of benzene rings is 7. The van der Waals surface area contributed by atoms with Crippen LogP contribution in [0.3, 0.4) is 0 Å². The molecule has 0 atom stereocenters. The van der Waals surface area contributed by atoms with Crippen LogP contribution < -0.4 is 15.9 Å². The van der Waals surface area contributed by atoms with E-state index in [9.17, 15) is 0 Å². The molecule has 0 fully saturated rings. The predicted molar refractivity (Wildman–Crippen MR) is 195 cm³/mol. The van der Waals surface area contributed by atoms with Crippen LogP contribution in [0.25, 0.3) is 43.8 Å².